The highest BCUT2D eigenvalue weighted by Crippen LogP contribution is 2.24. The lowest BCUT2D eigenvalue weighted by molar-refractivity contribution is 0.577. The minimum atomic E-state index is 0.149. The zero-order valence-electron chi connectivity index (χ0n) is 18.3. The third-order valence-corrected chi connectivity index (χ3v) is 5.43. The van der Waals surface area contributed by atoms with E-state index in [4.69, 9.17) is 9.41 Å². The van der Waals surface area contributed by atoms with E-state index in [-0.39, 0.29) is 6.04 Å². The van der Waals surface area contributed by atoms with Crippen molar-refractivity contribution in [1.82, 2.24) is 25.8 Å². The van der Waals surface area contributed by atoms with Crippen LogP contribution in [0.4, 0.5) is 5.69 Å². The van der Waals surface area contributed by atoms with Crippen molar-refractivity contribution >= 4 is 11.6 Å². The van der Waals surface area contributed by atoms with Gasteiger partial charge >= 0.3 is 0 Å². The SMILES string of the molecule is CCNC(=NCCc1nc(-c2ccco2)n[nH]1)NC(C)c1cccc(N2CCCC2)c1. The first-order chi connectivity index (χ1) is 15.2. The molecule has 1 atom stereocenters. The summed E-state index contributed by atoms with van der Waals surface area (Å²) in [5.74, 6) is 2.82. The van der Waals surface area contributed by atoms with Gasteiger partial charge in [0.05, 0.1) is 12.3 Å². The van der Waals surface area contributed by atoms with Crippen LogP contribution in [0.25, 0.3) is 11.6 Å². The van der Waals surface area contributed by atoms with Crippen molar-refractivity contribution in [3.63, 3.8) is 0 Å². The molecule has 0 spiro atoms. The van der Waals surface area contributed by atoms with Gasteiger partial charge < -0.3 is 20.0 Å². The monoisotopic (exact) mass is 421 g/mol. The maximum absolute atomic E-state index is 5.34. The number of rotatable bonds is 8. The lowest BCUT2D eigenvalue weighted by Gasteiger charge is -2.22. The molecule has 1 saturated heterocycles. The predicted molar refractivity (Wildman–Crippen MR) is 123 cm³/mol. The van der Waals surface area contributed by atoms with Crippen molar-refractivity contribution in [3.8, 4) is 11.6 Å². The van der Waals surface area contributed by atoms with E-state index in [2.05, 4.69) is 68.8 Å². The van der Waals surface area contributed by atoms with Crippen LogP contribution in [0.5, 0.6) is 0 Å². The molecule has 2 aromatic heterocycles. The first-order valence-electron chi connectivity index (χ1n) is 11.1. The number of aromatic amines is 1. The Hall–Kier alpha value is -3.29. The van der Waals surface area contributed by atoms with Crippen LogP contribution in [0.1, 0.15) is 44.1 Å². The molecular formula is C23H31N7O. The summed E-state index contributed by atoms with van der Waals surface area (Å²) in [6.45, 7) is 7.95. The Labute approximate surface area is 183 Å². The Balaban J connectivity index is 1.36. The second-order valence-corrected chi connectivity index (χ2v) is 7.75. The molecule has 3 N–H and O–H groups in total. The summed E-state index contributed by atoms with van der Waals surface area (Å²) in [5, 5.41) is 14.0. The van der Waals surface area contributed by atoms with E-state index in [0.29, 0.717) is 24.6 Å². The Morgan fingerprint density at radius 2 is 2.13 bits per heavy atom. The van der Waals surface area contributed by atoms with Gasteiger partial charge in [-0.2, -0.15) is 5.10 Å². The number of hydrogen-bond acceptors (Lipinski definition) is 5. The number of furan rings is 1. The molecule has 3 heterocycles. The lowest BCUT2D eigenvalue weighted by Crippen LogP contribution is -2.39. The summed E-state index contributed by atoms with van der Waals surface area (Å²) in [5.41, 5.74) is 2.57. The number of anilines is 1. The average Bonchev–Trinajstić information content (AvgIpc) is 3.56. The van der Waals surface area contributed by atoms with E-state index in [9.17, 15) is 0 Å². The summed E-state index contributed by atoms with van der Waals surface area (Å²) in [6.07, 6.45) is 4.85. The zero-order valence-corrected chi connectivity index (χ0v) is 18.3. The third kappa shape index (κ3) is 5.45. The molecule has 1 aliphatic rings. The van der Waals surface area contributed by atoms with Crippen LogP contribution in [-0.4, -0.2) is 47.3 Å². The molecule has 0 saturated carbocycles. The van der Waals surface area contributed by atoms with E-state index >= 15 is 0 Å². The molecule has 0 aliphatic carbocycles. The molecule has 1 aliphatic heterocycles. The average molecular weight is 422 g/mol. The molecule has 1 fully saturated rings. The Kier molecular flexibility index (Phi) is 6.86. The van der Waals surface area contributed by atoms with Gasteiger partial charge in [-0.15, -0.1) is 0 Å². The van der Waals surface area contributed by atoms with Gasteiger partial charge in [-0.05, 0) is 56.5 Å². The van der Waals surface area contributed by atoms with Gasteiger partial charge in [0.2, 0.25) is 5.82 Å². The number of benzene rings is 1. The second-order valence-electron chi connectivity index (χ2n) is 7.75. The molecule has 8 heteroatoms. The summed E-state index contributed by atoms with van der Waals surface area (Å²) in [7, 11) is 0. The van der Waals surface area contributed by atoms with Crippen LogP contribution in [0, 0.1) is 0 Å². The summed E-state index contributed by atoms with van der Waals surface area (Å²) in [4.78, 5) is 11.7. The van der Waals surface area contributed by atoms with Gasteiger partial charge in [-0.25, -0.2) is 4.98 Å². The van der Waals surface area contributed by atoms with E-state index < -0.39 is 0 Å². The highest BCUT2D eigenvalue weighted by Gasteiger charge is 2.14. The van der Waals surface area contributed by atoms with Crippen LogP contribution in [0.3, 0.4) is 0 Å². The van der Waals surface area contributed by atoms with Gasteiger partial charge in [-0.1, -0.05) is 12.1 Å². The third-order valence-electron chi connectivity index (χ3n) is 5.43. The molecule has 164 valence electrons. The highest BCUT2D eigenvalue weighted by molar-refractivity contribution is 5.80. The lowest BCUT2D eigenvalue weighted by atomic mass is 10.1. The number of nitrogens with zero attached hydrogens (tertiary/aromatic N) is 4. The van der Waals surface area contributed by atoms with Crippen LogP contribution < -0.4 is 15.5 Å². The fraction of sp³-hybridized carbons (Fsp3) is 0.435. The summed E-state index contributed by atoms with van der Waals surface area (Å²) in [6, 6.07) is 12.6. The van der Waals surface area contributed by atoms with Crippen molar-refractivity contribution < 1.29 is 4.42 Å². The van der Waals surface area contributed by atoms with Crippen molar-refractivity contribution in [2.45, 2.75) is 39.2 Å². The number of aromatic nitrogens is 3. The molecule has 0 bridgehead atoms. The van der Waals surface area contributed by atoms with Crippen LogP contribution in [-0.2, 0) is 6.42 Å². The molecule has 3 aromatic rings. The second kappa shape index (κ2) is 10.1. The maximum atomic E-state index is 5.34. The minimum absolute atomic E-state index is 0.149. The normalized spacial score (nSPS) is 15.3. The molecule has 4 rings (SSSR count). The molecule has 0 amide bonds. The first-order valence-corrected chi connectivity index (χ1v) is 11.1. The Bertz CT molecular complexity index is 973. The van der Waals surface area contributed by atoms with Crippen LogP contribution in [0.2, 0.25) is 0 Å². The largest absolute Gasteiger partial charge is 0.461 e. The van der Waals surface area contributed by atoms with Gasteiger partial charge in [0.25, 0.3) is 0 Å². The molecule has 0 radical (unpaired) electrons. The van der Waals surface area contributed by atoms with E-state index in [0.717, 1.165) is 31.4 Å². The first kappa shape index (κ1) is 21.0. The quantitative estimate of drug-likeness (QED) is 0.381. The molecule has 8 nitrogen and oxygen atoms in total. The molecule has 1 aromatic carbocycles. The molecule has 31 heavy (non-hydrogen) atoms. The van der Waals surface area contributed by atoms with Gasteiger partial charge in [0.1, 0.15) is 5.82 Å². The summed E-state index contributed by atoms with van der Waals surface area (Å²) >= 11 is 0. The topological polar surface area (TPSA) is 94.4 Å². The Morgan fingerprint density at radius 3 is 2.90 bits per heavy atom. The number of H-pyrrole nitrogens is 1. The number of hydrogen-bond donors (Lipinski definition) is 3. The van der Waals surface area contributed by atoms with Crippen molar-refractivity contribution in [2.75, 3.05) is 31.1 Å². The highest BCUT2D eigenvalue weighted by atomic mass is 16.3. The van der Waals surface area contributed by atoms with Crippen molar-refractivity contribution in [1.29, 1.82) is 0 Å². The smallest absolute Gasteiger partial charge is 0.216 e. The van der Waals surface area contributed by atoms with E-state index in [1.54, 1.807) is 6.26 Å². The maximum Gasteiger partial charge on any atom is 0.216 e. The fourth-order valence-corrected chi connectivity index (χ4v) is 3.77. The number of guanidine groups is 1. The van der Waals surface area contributed by atoms with E-state index in [1.807, 2.05) is 12.1 Å². The molecular weight excluding hydrogens is 390 g/mol. The van der Waals surface area contributed by atoms with Gasteiger partial charge in [0.15, 0.2) is 11.7 Å². The summed E-state index contributed by atoms with van der Waals surface area (Å²) < 4.78 is 5.34. The number of nitrogens with one attached hydrogen (secondary N) is 3. The Morgan fingerprint density at radius 1 is 1.26 bits per heavy atom. The van der Waals surface area contributed by atoms with Gasteiger partial charge in [0, 0.05) is 38.3 Å². The van der Waals surface area contributed by atoms with Crippen LogP contribution in [0.15, 0.2) is 52.1 Å². The van der Waals surface area contributed by atoms with Crippen LogP contribution >= 0.6 is 0 Å². The predicted octanol–water partition coefficient (Wildman–Crippen LogP) is 3.52. The van der Waals surface area contributed by atoms with Gasteiger partial charge in [-0.3, -0.25) is 10.1 Å². The number of aliphatic imine (C=N–C) groups is 1. The standard InChI is InChI=1S/C23H31N7O/c1-3-24-23(25-12-11-21-27-22(29-28-21)20-10-7-15-31-20)26-17(2)18-8-6-9-19(16-18)30-13-4-5-14-30/h6-10,15-17H,3-5,11-14H2,1-2H3,(H2,24,25,26)(H,27,28,29). The fourth-order valence-electron chi connectivity index (χ4n) is 3.77. The van der Waals surface area contributed by atoms with Crippen molar-refractivity contribution in [3.05, 3.63) is 54.0 Å². The van der Waals surface area contributed by atoms with Crippen molar-refractivity contribution in [2.24, 2.45) is 4.99 Å². The minimum Gasteiger partial charge on any atom is -0.461 e. The van der Waals surface area contributed by atoms with E-state index in [1.165, 1.54) is 24.1 Å². The zero-order chi connectivity index (χ0) is 21.5. The molecule has 1 unspecified atom stereocenters.